The summed E-state index contributed by atoms with van der Waals surface area (Å²) < 4.78 is 5.43. The van der Waals surface area contributed by atoms with E-state index in [1.807, 2.05) is 12.1 Å². The van der Waals surface area contributed by atoms with E-state index in [4.69, 9.17) is 4.74 Å². The maximum atomic E-state index is 5.43. The van der Waals surface area contributed by atoms with Gasteiger partial charge in [0.2, 0.25) is 0 Å². The molecular weight excluding hydrogens is 212 g/mol. The predicted molar refractivity (Wildman–Crippen MR) is 72.6 cm³/mol. The van der Waals surface area contributed by atoms with Crippen LogP contribution in [0.15, 0.2) is 24.3 Å². The van der Waals surface area contributed by atoms with Crippen molar-refractivity contribution in [2.24, 2.45) is 0 Å². The molecule has 1 aromatic rings. The quantitative estimate of drug-likeness (QED) is 0.786. The van der Waals surface area contributed by atoms with E-state index in [0.29, 0.717) is 6.04 Å². The van der Waals surface area contributed by atoms with Crippen LogP contribution >= 0.6 is 0 Å². The molecule has 3 nitrogen and oxygen atoms in total. The Kier molecular flexibility index (Phi) is 6.01. The lowest BCUT2D eigenvalue weighted by molar-refractivity contribution is 0.352. The third kappa shape index (κ3) is 4.36. The molecule has 1 aromatic carbocycles. The second kappa shape index (κ2) is 7.30. The first-order chi connectivity index (χ1) is 8.19. The topological polar surface area (TPSA) is 24.5 Å². The van der Waals surface area contributed by atoms with Gasteiger partial charge >= 0.3 is 0 Å². The second-order valence-corrected chi connectivity index (χ2v) is 4.44. The maximum absolute atomic E-state index is 5.43. The van der Waals surface area contributed by atoms with Crippen molar-refractivity contribution in [1.29, 1.82) is 0 Å². The summed E-state index contributed by atoms with van der Waals surface area (Å²) in [6.07, 6.45) is 1.08. The van der Waals surface area contributed by atoms with Crippen LogP contribution in [0.2, 0.25) is 0 Å². The minimum Gasteiger partial charge on any atom is -0.496 e. The van der Waals surface area contributed by atoms with E-state index in [1.165, 1.54) is 5.56 Å². The molecule has 0 bridgehead atoms. The third-order valence-electron chi connectivity index (χ3n) is 2.83. The number of para-hydroxylation sites is 1. The zero-order chi connectivity index (χ0) is 12.7. The molecule has 0 saturated heterocycles. The Morgan fingerprint density at radius 1 is 1.29 bits per heavy atom. The van der Waals surface area contributed by atoms with Crippen molar-refractivity contribution in [2.45, 2.75) is 19.4 Å². The fourth-order valence-corrected chi connectivity index (χ4v) is 1.96. The summed E-state index contributed by atoms with van der Waals surface area (Å²) in [5, 5.41) is 3.52. The van der Waals surface area contributed by atoms with Gasteiger partial charge in [-0.3, -0.25) is 0 Å². The molecule has 1 rings (SSSR count). The smallest absolute Gasteiger partial charge is 0.123 e. The maximum Gasteiger partial charge on any atom is 0.123 e. The predicted octanol–water partition coefficient (Wildman–Crippen LogP) is 2.30. The lowest BCUT2D eigenvalue weighted by Gasteiger charge is -2.22. The third-order valence-corrected chi connectivity index (χ3v) is 2.83. The van der Waals surface area contributed by atoms with Gasteiger partial charge in [0.25, 0.3) is 0 Å². The van der Waals surface area contributed by atoms with E-state index in [-0.39, 0.29) is 0 Å². The number of ether oxygens (including phenoxy) is 1. The van der Waals surface area contributed by atoms with Crippen molar-refractivity contribution in [2.75, 3.05) is 34.3 Å². The molecule has 0 aliphatic carbocycles. The number of benzene rings is 1. The standard InChI is InChI=1S/C14H24N2O/c1-5-15-13(10-11-16(2)3)12-8-6-7-9-14(12)17-4/h6-9,13,15H,5,10-11H2,1-4H3. The van der Waals surface area contributed by atoms with Crippen molar-refractivity contribution in [3.63, 3.8) is 0 Å². The Hall–Kier alpha value is -1.06. The number of nitrogens with zero attached hydrogens (tertiary/aromatic N) is 1. The fraction of sp³-hybridized carbons (Fsp3) is 0.571. The van der Waals surface area contributed by atoms with E-state index in [2.05, 4.69) is 43.4 Å². The van der Waals surface area contributed by atoms with Crippen molar-refractivity contribution >= 4 is 0 Å². The molecule has 0 heterocycles. The molecule has 0 saturated carbocycles. The van der Waals surface area contributed by atoms with Gasteiger partial charge in [0.1, 0.15) is 5.75 Å². The number of hydrogen-bond donors (Lipinski definition) is 1. The van der Waals surface area contributed by atoms with E-state index in [0.717, 1.165) is 25.3 Å². The molecular formula is C14H24N2O. The van der Waals surface area contributed by atoms with E-state index >= 15 is 0 Å². The molecule has 3 heteroatoms. The van der Waals surface area contributed by atoms with Gasteiger partial charge in [-0.2, -0.15) is 0 Å². The average molecular weight is 236 g/mol. The Labute approximate surface area is 105 Å². The fourth-order valence-electron chi connectivity index (χ4n) is 1.96. The van der Waals surface area contributed by atoms with Gasteiger partial charge in [0.15, 0.2) is 0 Å². The summed E-state index contributed by atoms with van der Waals surface area (Å²) in [7, 11) is 5.93. The molecule has 0 aliphatic rings. The minimum absolute atomic E-state index is 0.360. The lowest BCUT2D eigenvalue weighted by Crippen LogP contribution is -2.25. The highest BCUT2D eigenvalue weighted by molar-refractivity contribution is 5.35. The van der Waals surface area contributed by atoms with Crippen LogP contribution in [0.5, 0.6) is 5.75 Å². The summed E-state index contributed by atoms with van der Waals surface area (Å²) in [5.41, 5.74) is 1.25. The van der Waals surface area contributed by atoms with Crippen LogP contribution in [-0.4, -0.2) is 39.2 Å². The second-order valence-electron chi connectivity index (χ2n) is 4.44. The molecule has 0 spiro atoms. The largest absolute Gasteiger partial charge is 0.496 e. The van der Waals surface area contributed by atoms with Gasteiger partial charge in [-0.15, -0.1) is 0 Å². The summed E-state index contributed by atoms with van der Waals surface area (Å²) in [6, 6.07) is 8.60. The number of methoxy groups -OCH3 is 1. The van der Waals surface area contributed by atoms with Crippen LogP contribution in [0, 0.1) is 0 Å². The lowest BCUT2D eigenvalue weighted by atomic mass is 10.0. The van der Waals surface area contributed by atoms with Crippen LogP contribution in [0.1, 0.15) is 24.9 Å². The number of nitrogens with one attached hydrogen (secondary N) is 1. The van der Waals surface area contributed by atoms with Crippen molar-refractivity contribution in [1.82, 2.24) is 10.2 Å². The van der Waals surface area contributed by atoms with Crippen molar-refractivity contribution in [3.8, 4) is 5.75 Å². The summed E-state index contributed by atoms with van der Waals surface area (Å²) in [4.78, 5) is 2.21. The minimum atomic E-state index is 0.360. The SMILES string of the molecule is CCNC(CCN(C)C)c1ccccc1OC. The molecule has 0 aliphatic heterocycles. The summed E-state index contributed by atoms with van der Waals surface area (Å²) in [6.45, 7) is 4.17. The van der Waals surface area contributed by atoms with Gasteiger partial charge in [0, 0.05) is 11.6 Å². The zero-order valence-corrected chi connectivity index (χ0v) is 11.4. The van der Waals surface area contributed by atoms with Crippen LogP contribution < -0.4 is 10.1 Å². The van der Waals surface area contributed by atoms with Gasteiger partial charge in [-0.25, -0.2) is 0 Å². The zero-order valence-electron chi connectivity index (χ0n) is 11.4. The Morgan fingerprint density at radius 3 is 2.59 bits per heavy atom. The summed E-state index contributed by atoms with van der Waals surface area (Å²) >= 11 is 0. The first-order valence-corrected chi connectivity index (χ1v) is 6.20. The molecule has 0 amide bonds. The molecule has 1 atom stereocenters. The molecule has 0 radical (unpaired) electrons. The number of hydrogen-bond acceptors (Lipinski definition) is 3. The van der Waals surface area contributed by atoms with Crippen molar-refractivity contribution in [3.05, 3.63) is 29.8 Å². The van der Waals surface area contributed by atoms with Gasteiger partial charge in [-0.05, 0) is 39.7 Å². The van der Waals surface area contributed by atoms with Crippen LogP contribution in [0.25, 0.3) is 0 Å². The highest BCUT2D eigenvalue weighted by atomic mass is 16.5. The van der Waals surface area contributed by atoms with Gasteiger partial charge < -0.3 is 15.0 Å². The normalized spacial score (nSPS) is 12.8. The van der Waals surface area contributed by atoms with E-state index < -0.39 is 0 Å². The highest BCUT2D eigenvalue weighted by Crippen LogP contribution is 2.26. The van der Waals surface area contributed by atoms with Crippen LogP contribution in [0.4, 0.5) is 0 Å². The molecule has 17 heavy (non-hydrogen) atoms. The summed E-state index contributed by atoms with van der Waals surface area (Å²) in [5.74, 6) is 0.970. The Morgan fingerprint density at radius 2 is 2.00 bits per heavy atom. The Balaban J connectivity index is 2.80. The Bertz CT molecular complexity index is 326. The monoisotopic (exact) mass is 236 g/mol. The average Bonchev–Trinajstić information content (AvgIpc) is 2.34. The molecule has 1 N–H and O–H groups in total. The van der Waals surface area contributed by atoms with Crippen LogP contribution in [-0.2, 0) is 0 Å². The number of rotatable bonds is 7. The molecule has 0 fully saturated rings. The van der Waals surface area contributed by atoms with E-state index in [1.54, 1.807) is 7.11 Å². The molecule has 96 valence electrons. The van der Waals surface area contributed by atoms with Crippen molar-refractivity contribution < 1.29 is 4.74 Å². The van der Waals surface area contributed by atoms with Gasteiger partial charge in [-0.1, -0.05) is 25.1 Å². The first-order valence-electron chi connectivity index (χ1n) is 6.20. The van der Waals surface area contributed by atoms with Crippen LogP contribution in [0.3, 0.4) is 0 Å². The van der Waals surface area contributed by atoms with E-state index in [9.17, 15) is 0 Å². The molecule has 0 aromatic heterocycles. The first kappa shape index (κ1) is 14.0. The molecule has 1 unspecified atom stereocenters. The highest BCUT2D eigenvalue weighted by Gasteiger charge is 2.14. The van der Waals surface area contributed by atoms with Gasteiger partial charge in [0.05, 0.1) is 7.11 Å².